The lowest BCUT2D eigenvalue weighted by Gasteiger charge is -2.47. The Morgan fingerprint density at radius 3 is 2.80 bits per heavy atom. The summed E-state index contributed by atoms with van der Waals surface area (Å²) in [5.41, 5.74) is 7.25. The maximum Gasteiger partial charge on any atom is 0.272 e. The molecule has 2 atom stereocenters. The summed E-state index contributed by atoms with van der Waals surface area (Å²) in [7, 11) is 1.82. The second-order valence-corrected chi connectivity index (χ2v) is 6.78. The summed E-state index contributed by atoms with van der Waals surface area (Å²) in [4.78, 5) is 28.9. The van der Waals surface area contributed by atoms with E-state index >= 15 is 0 Å². The molecule has 0 radical (unpaired) electrons. The second-order valence-electron chi connectivity index (χ2n) is 6.78. The van der Waals surface area contributed by atoms with Gasteiger partial charge < -0.3 is 15.5 Å². The van der Waals surface area contributed by atoms with Crippen molar-refractivity contribution >= 4 is 24.2 Å². The number of hydrogen-bond acceptors (Lipinski definition) is 4. The molecule has 0 spiro atoms. The van der Waals surface area contributed by atoms with Gasteiger partial charge in [0.25, 0.3) is 5.91 Å². The van der Waals surface area contributed by atoms with E-state index in [2.05, 4.69) is 5.10 Å². The highest BCUT2D eigenvalue weighted by Gasteiger charge is 2.40. The first-order valence-corrected chi connectivity index (χ1v) is 8.86. The van der Waals surface area contributed by atoms with E-state index in [1.165, 1.54) is 0 Å². The van der Waals surface area contributed by atoms with Gasteiger partial charge in [0, 0.05) is 45.7 Å². The van der Waals surface area contributed by atoms with Crippen LogP contribution < -0.4 is 5.73 Å². The maximum atomic E-state index is 12.9. The lowest BCUT2D eigenvalue weighted by atomic mass is 9.83. The number of nitrogens with zero attached hydrogens (tertiary/aromatic N) is 4. The number of hydrogen-bond donors (Lipinski definition) is 1. The minimum absolute atomic E-state index is 0. The molecule has 2 aliphatic rings. The third kappa shape index (κ3) is 3.82. The number of aryl methyl sites for hydroxylation is 2. The number of amides is 2. The molecule has 1 aromatic heterocycles. The summed E-state index contributed by atoms with van der Waals surface area (Å²) >= 11 is 0. The van der Waals surface area contributed by atoms with Crippen LogP contribution in [0.2, 0.25) is 0 Å². The quantitative estimate of drug-likeness (QED) is 0.851. The summed E-state index contributed by atoms with van der Waals surface area (Å²) in [6.45, 7) is 4.54. The maximum absolute atomic E-state index is 12.9. The van der Waals surface area contributed by atoms with Gasteiger partial charge in [-0.2, -0.15) is 5.10 Å². The van der Waals surface area contributed by atoms with E-state index in [4.69, 9.17) is 5.73 Å². The third-order valence-electron chi connectivity index (χ3n) is 5.31. The van der Waals surface area contributed by atoms with E-state index in [9.17, 15) is 9.59 Å². The van der Waals surface area contributed by atoms with Gasteiger partial charge in [0.1, 0.15) is 5.69 Å². The topological polar surface area (TPSA) is 84.5 Å². The van der Waals surface area contributed by atoms with Gasteiger partial charge >= 0.3 is 0 Å². The van der Waals surface area contributed by atoms with E-state index in [1.54, 1.807) is 4.68 Å². The van der Waals surface area contributed by atoms with Gasteiger partial charge in [0.2, 0.25) is 5.91 Å². The minimum atomic E-state index is 0. The molecule has 2 aliphatic heterocycles. The Labute approximate surface area is 154 Å². The molecule has 3 heterocycles. The first-order chi connectivity index (χ1) is 11.5. The fraction of sp³-hybridized carbons (Fsp3) is 0.706. The Balaban J connectivity index is 0.00000225. The summed E-state index contributed by atoms with van der Waals surface area (Å²) in [5, 5.41) is 4.38. The van der Waals surface area contributed by atoms with Gasteiger partial charge in [0.05, 0.1) is 5.69 Å². The van der Waals surface area contributed by atoms with E-state index in [-0.39, 0.29) is 30.3 Å². The molecule has 0 aliphatic carbocycles. The third-order valence-corrected chi connectivity index (χ3v) is 5.31. The van der Waals surface area contributed by atoms with Crippen molar-refractivity contribution in [3.05, 3.63) is 17.5 Å². The molecule has 0 bridgehead atoms. The molecule has 0 aromatic carbocycles. The molecule has 2 fully saturated rings. The van der Waals surface area contributed by atoms with Crippen LogP contribution in [-0.4, -0.2) is 63.6 Å². The highest BCUT2D eigenvalue weighted by atomic mass is 35.5. The summed E-state index contributed by atoms with van der Waals surface area (Å²) in [5.74, 6) is 0.608. The lowest BCUT2D eigenvalue weighted by molar-refractivity contribution is -0.140. The molecule has 2 saturated heterocycles. The molecule has 140 valence electrons. The fourth-order valence-electron chi connectivity index (χ4n) is 4.03. The number of carbonyl (C=O) groups is 2. The number of likely N-dealkylation sites (tertiary alicyclic amines) is 2. The van der Waals surface area contributed by atoms with Crippen LogP contribution in [0.4, 0.5) is 0 Å². The zero-order valence-electron chi connectivity index (χ0n) is 15.0. The summed E-state index contributed by atoms with van der Waals surface area (Å²) in [6, 6.07) is 2.12. The van der Waals surface area contributed by atoms with Crippen molar-refractivity contribution in [1.82, 2.24) is 19.6 Å². The van der Waals surface area contributed by atoms with Crippen LogP contribution in [0.25, 0.3) is 0 Å². The number of piperidine rings is 2. The van der Waals surface area contributed by atoms with Crippen molar-refractivity contribution in [3.8, 4) is 0 Å². The molecule has 2 N–H and O–H groups in total. The van der Waals surface area contributed by atoms with Crippen LogP contribution in [0.5, 0.6) is 0 Å². The highest BCUT2D eigenvalue weighted by molar-refractivity contribution is 5.92. The van der Waals surface area contributed by atoms with Crippen molar-refractivity contribution in [2.24, 2.45) is 18.7 Å². The number of fused-ring (bicyclic) bond motifs is 1. The predicted octanol–water partition coefficient (Wildman–Crippen LogP) is 0.816. The fourth-order valence-corrected chi connectivity index (χ4v) is 4.03. The first-order valence-electron chi connectivity index (χ1n) is 8.86. The Bertz CT molecular complexity index is 633. The van der Waals surface area contributed by atoms with E-state index in [1.807, 2.05) is 29.8 Å². The average molecular weight is 370 g/mol. The van der Waals surface area contributed by atoms with Crippen LogP contribution in [0, 0.1) is 5.92 Å². The normalized spacial score (nSPS) is 23.2. The van der Waals surface area contributed by atoms with E-state index < -0.39 is 0 Å². The van der Waals surface area contributed by atoms with E-state index in [0.717, 1.165) is 25.0 Å². The molecule has 25 heavy (non-hydrogen) atoms. The first kappa shape index (κ1) is 19.7. The summed E-state index contributed by atoms with van der Waals surface area (Å²) in [6.07, 6.45) is 3.08. The molecular formula is C17H28ClN5O2. The van der Waals surface area contributed by atoms with E-state index in [0.29, 0.717) is 44.2 Å². The molecule has 2 amide bonds. The molecule has 3 rings (SSSR count). The van der Waals surface area contributed by atoms with Crippen LogP contribution in [0.15, 0.2) is 6.07 Å². The molecule has 0 saturated carbocycles. The molecule has 7 nitrogen and oxygen atoms in total. The number of nitrogens with two attached hydrogens (primary N) is 1. The van der Waals surface area contributed by atoms with Crippen molar-refractivity contribution in [2.75, 3.05) is 26.2 Å². The van der Waals surface area contributed by atoms with Crippen molar-refractivity contribution < 1.29 is 9.59 Å². The Hall–Kier alpha value is -1.60. The predicted molar refractivity (Wildman–Crippen MR) is 97.6 cm³/mol. The molecule has 1 aromatic rings. The molecule has 8 heteroatoms. The number of rotatable bonds is 4. The number of aromatic nitrogens is 2. The van der Waals surface area contributed by atoms with Crippen molar-refractivity contribution in [1.29, 1.82) is 0 Å². The van der Waals surface area contributed by atoms with Gasteiger partial charge in [-0.15, -0.1) is 12.4 Å². The van der Waals surface area contributed by atoms with Gasteiger partial charge in [-0.3, -0.25) is 14.3 Å². The highest BCUT2D eigenvalue weighted by Crippen LogP contribution is 2.31. The zero-order valence-corrected chi connectivity index (χ0v) is 15.8. The van der Waals surface area contributed by atoms with Crippen LogP contribution >= 0.6 is 12.4 Å². The number of halogens is 1. The van der Waals surface area contributed by atoms with Gasteiger partial charge in [-0.1, -0.05) is 6.92 Å². The van der Waals surface area contributed by atoms with Crippen LogP contribution in [-0.2, 0) is 18.3 Å². The molecule has 0 unspecified atom stereocenters. The van der Waals surface area contributed by atoms with Gasteiger partial charge in [0.15, 0.2) is 0 Å². The Morgan fingerprint density at radius 1 is 1.40 bits per heavy atom. The summed E-state index contributed by atoms with van der Waals surface area (Å²) < 4.78 is 1.68. The Morgan fingerprint density at radius 2 is 2.16 bits per heavy atom. The molecular weight excluding hydrogens is 342 g/mol. The second kappa shape index (κ2) is 8.19. The standard InChI is InChI=1S/C17H27N5O2.ClH/c1-3-13-10-15(20(2)19-13)17(24)21-8-6-14-12(11-21)4-5-16(23)22(14)9-7-18;/h10,12,14H,3-9,11,18H2,1-2H3;1H/t12-,14+;/m0./s1. The largest absolute Gasteiger partial charge is 0.338 e. The van der Waals surface area contributed by atoms with Gasteiger partial charge in [-0.25, -0.2) is 0 Å². The van der Waals surface area contributed by atoms with Crippen molar-refractivity contribution in [3.63, 3.8) is 0 Å². The van der Waals surface area contributed by atoms with Gasteiger partial charge in [-0.05, 0) is 31.2 Å². The lowest BCUT2D eigenvalue weighted by Crippen LogP contribution is -2.57. The van der Waals surface area contributed by atoms with Crippen molar-refractivity contribution in [2.45, 2.75) is 38.6 Å². The van der Waals surface area contributed by atoms with Crippen LogP contribution in [0.1, 0.15) is 42.4 Å². The number of carbonyl (C=O) groups excluding carboxylic acids is 2. The zero-order chi connectivity index (χ0) is 17.3. The smallest absolute Gasteiger partial charge is 0.272 e. The SMILES string of the molecule is CCc1cc(C(=O)N2CC[C@@H]3[C@@H](CCC(=O)N3CCN)C2)n(C)n1.Cl. The Kier molecular flexibility index (Phi) is 6.46. The average Bonchev–Trinajstić information content (AvgIpc) is 2.97. The minimum Gasteiger partial charge on any atom is -0.338 e. The monoisotopic (exact) mass is 369 g/mol. The van der Waals surface area contributed by atoms with Crippen LogP contribution in [0.3, 0.4) is 0 Å².